The zero-order valence-electron chi connectivity index (χ0n) is 15.0. The third-order valence-electron chi connectivity index (χ3n) is 4.95. The monoisotopic (exact) mass is 379 g/mol. The first-order chi connectivity index (χ1) is 13.5. The van der Waals surface area contributed by atoms with Gasteiger partial charge in [-0.2, -0.15) is 0 Å². The first-order valence-corrected chi connectivity index (χ1v) is 8.65. The molecule has 0 saturated carbocycles. The van der Waals surface area contributed by atoms with E-state index in [1.807, 2.05) is 6.07 Å². The highest BCUT2D eigenvalue weighted by Gasteiger charge is 2.43. The van der Waals surface area contributed by atoms with Crippen LogP contribution in [0.3, 0.4) is 0 Å². The summed E-state index contributed by atoms with van der Waals surface area (Å²) in [5.74, 6) is -0.206. The summed E-state index contributed by atoms with van der Waals surface area (Å²) in [4.78, 5) is 43.3. The molecule has 2 aliphatic heterocycles. The Balaban J connectivity index is 1.69. The van der Waals surface area contributed by atoms with Crippen LogP contribution < -0.4 is 5.32 Å². The first-order valence-electron chi connectivity index (χ1n) is 8.65. The molecule has 3 heterocycles. The summed E-state index contributed by atoms with van der Waals surface area (Å²) < 4.78 is 0. The molecule has 3 amide bonds. The molecule has 0 fully saturated rings. The summed E-state index contributed by atoms with van der Waals surface area (Å²) in [6.45, 7) is 0.655. The number of hydrogen-bond donors (Lipinski definition) is 1. The number of carbonyl (C=O) groups is 2. The van der Waals surface area contributed by atoms with E-state index in [0.29, 0.717) is 29.9 Å². The maximum Gasteiger partial charge on any atom is 0.322 e. The lowest BCUT2D eigenvalue weighted by Gasteiger charge is -2.31. The van der Waals surface area contributed by atoms with Crippen molar-refractivity contribution in [2.45, 2.75) is 12.6 Å². The molecular weight excluding hydrogens is 362 g/mol. The minimum atomic E-state index is -0.731. The number of likely N-dealkylation sites (N-methyl/N-ethyl adjacent to an activating group) is 1. The van der Waals surface area contributed by atoms with Gasteiger partial charge in [0.25, 0.3) is 11.6 Å². The Hall–Kier alpha value is -3.75. The van der Waals surface area contributed by atoms with Gasteiger partial charge < -0.3 is 10.2 Å². The van der Waals surface area contributed by atoms with Gasteiger partial charge in [-0.1, -0.05) is 18.2 Å². The van der Waals surface area contributed by atoms with Crippen LogP contribution >= 0.6 is 0 Å². The molecule has 9 heteroatoms. The third-order valence-corrected chi connectivity index (χ3v) is 4.95. The van der Waals surface area contributed by atoms with Crippen LogP contribution in [0.25, 0.3) is 0 Å². The number of carbonyl (C=O) groups excluding carboxylic acids is 2. The van der Waals surface area contributed by atoms with Crippen molar-refractivity contribution in [1.82, 2.24) is 20.1 Å². The normalized spacial score (nSPS) is 19.0. The van der Waals surface area contributed by atoms with Crippen molar-refractivity contribution in [3.05, 3.63) is 81.3 Å². The van der Waals surface area contributed by atoms with E-state index >= 15 is 0 Å². The highest BCUT2D eigenvalue weighted by molar-refractivity contribution is 6.01. The van der Waals surface area contributed by atoms with Crippen LogP contribution in [0.2, 0.25) is 0 Å². The van der Waals surface area contributed by atoms with Crippen LogP contribution in [0.1, 0.15) is 17.2 Å². The van der Waals surface area contributed by atoms with Gasteiger partial charge in [0.05, 0.1) is 28.8 Å². The van der Waals surface area contributed by atoms with E-state index in [0.717, 1.165) is 5.56 Å². The van der Waals surface area contributed by atoms with Gasteiger partial charge in [-0.15, -0.1) is 0 Å². The number of urea groups is 1. The van der Waals surface area contributed by atoms with Gasteiger partial charge in [-0.25, -0.2) is 4.79 Å². The second kappa shape index (κ2) is 6.76. The van der Waals surface area contributed by atoms with E-state index in [1.165, 1.54) is 17.0 Å². The lowest BCUT2D eigenvalue weighted by molar-refractivity contribution is -0.384. The Bertz CT molecular complexity index is 1000. The topological polar surface area (TPSA) is 109 Å². The van der Waals surface area contributed by atoms with Gasteiger partial charge in [0.2, 0.25) is 0 Å². The van der Waals surface area contributed by atoms with Crippen molar-refractivity contribution >= 4 is 17.6 Å². The SMILES string of the molecule is CN1C(=O)NC(c2cccc([N+](=O)[O-])c2)C2=C1CN(Cc1cccnc1)C2=O. The van der Waals surface area contributed by atoms with Crippen LogP contribution in [-0.4, -0.2) is 45.2 Å². The molecule has 2 aliphatic rings. The van der Waals surface area contributed by atoms with Crippen molar-refractivity contribution < 1.29 is 14.5 Å². The summed E-state index contributed by atoms with van der Waals surface area (Å²) in [6.07, 6.45) is 3.35. The average molecular weight is 379 g/mol. The van der Waals surface area contributed by atoms with E-state index in [2.05, 4.69) is 10.3 Å². The van der Waals surface area contributed by atoms with Gasteiger partial charge in [0.1, 0.15) is 0 Å². The number of rotatable bonds is 4. The number of non-ortho nitro benzene ring substituents is 1. The predicted octanol–water partition coefficient (Wildman–Crippen LogP) is 1.98. The second-order valence-electron chi connectivity index (χ2n) is 6.68. The van der Waals surface area contributed by atoms with E-state index < -0.39 is 11.0 Å². The Kier molecular flexibility index (Phi) is 4.26. The number of benzene rings is 1. The first kappa shape index (κ1) is 17.7. The largest absolute Gasteiger partial charge is 0.329 e. The zero-order chi connectivity index (χ0) is 19.8. The van der Waals surface area contributed by atoms with E-state index in [1.54, 1.807) is 42.5 Å². The number of nitrogens with one attached hydrogen (secondary N) is 1. The number of pyridine rings is 1. The number of aromatic nitrogens is 1. The highest BCUT2D eigenvalue weighted by atomic mass is 16.6. The van der Waals surface area contributed by atoms with Crippen molar-refractivity contribution in [2.24, 2.45) is 0 Å². The lowest BCUT2D eigenvalue weighted by atomic mass is 9.95. The van der Waals surface area contributed by atoms with Gasteiger partial charge in [0, 0.05) is 38.1 Å². The summed E-state index contributed by atoms with van der Waals surface area (Å²) in [5, 5.41) is 13.9. The minimum Gasteiger partial charge on any atom is -0.329 e. The molecule has 0 spiro atoms. The molecule has 4 rings (SSSR count). The summed E-state index contributed by atoms with van der Waals surface area (Å²) in [5.41, 5.74) is 2.33. The molecule has 2 aromatic rings. The van der Waals surface area contributed by atoms with Crippen LogP contribution in [0.4, 0.5) is 10.5 Å². The lowest BCUT2D eigenvalue weighted by Crippen LogP contribution is -2.45. The Labute approximate surface area is 160 Å². The molecule has 1 atom stereocenters. The standard InChI is InChI=1S/C19H17N5O4/c1-22-15-11-23(10-12-4-3-7-20-9-12)18(25)16(15)17(21-19(22)26)13-5-2-6-14(8-13)24(27)28/h2-9,17H,10-11H2,1H3,(H,21,26). The predicted molar refractivity (Wildman–Crippen MR) is 98.8 cm³/mol. The Morgan fingerprint density at radius 3 is 2.82 bits per heavy atom. The summed E-state index contributed by atoms with van der Waals surface area (Å²) in [6, 6.07) is 8.57. The van der Waals surface area contributed by atoms with E-state index in [-0.39, 0.29) is 17.6 Å². The van der Waals surface area contributed by atoms with Crippen molar-refractivity contribution in [3.63, 3.8) is 0 Å². The van der Waals surface area contributed by atoms with Crippen molar-refractivity contribution in [2.75, 3.05) is 13.6 Å². The van der Waals surface area contributed by atoms with Crippen molar-refractivity contribution in [3.8, 4) is 0 Å². The molecular formula is C19H17N5O4. The van der Waals surface area contributed by atoms with E-state index in [4.69, 9.17) is 0 Å². The quantitative estimate of drug-likeness (QED) is 0.645. The molecule has 1 unspecified atom stereocenters. The molecule has 142 valence electrons. The molecule has 0 radical (unpaired) electrons. The average Bonchev–Trinajstić information content (AvgIpc) is 3.02. The van der Waals surface area contributed by atoms with E-state index in [9.17, 15) is 19.7 Å². The highest BCUT2D eigenvalue weighted by Crippen LogP contribution is 2.36. The Morgan fingerprint density at radius 2 is 2.11 bits per heavy atom. The molecule has 1 N–H and O–H groups in total. The van der Waals surface area contributed by atoms with Crippen molar-refractivity contribution in [1.29, 1.82) is 0 Å². The molecule has 0 aliphatic carbocycles. The molecule has 0 bridgehead atoms. The zero-order valence-corrected chi connectivity index (χ0v) is 15.0. The molecule has 28 heavy (non-hydrogen) atoms. The van der Waals surface area contributed by atoms with Crippen LogP contribution in [0, 0.1) is 10.1 Å². The van der Waals surface area contributed by atoms with Crippen LogP contribution in [0.5, 0.6) is 0 Å². The number of hydrogen-bond acceptors (Lipinski definition) is 5. The maximum atomic E-state index is 13.1. The van der Waals surface area contributed by atoms with Gasteiger partial charge >= 0.3 is 6.03 Å². The number of nitro groups is 1. The van der Waals surface area contributed by atoms with Gasteiger partial charge in [0.15, 0.2) is 0 Å². The molecule has 0 saturated heterocycles. The van der Waals surface area contributed by atoms with Gasteiger partial charge in [-0.05, 0) is 17.2 Å². The van der Waals surface area contributed by atoms with Crippen LogP contribution in [-0.2, 0) is 11.3 Å². The second-order valence-corrected chi connectivity index (χ2v) is 6.68. The number of nitro benzene ring substituents is 1. The fourth-order valence-corrected chi connectivity index (χ4v) is 3.53. The fraction of sp³-hybridized carbons (Fsp3) is 0.211. The molecule has 1 aromatic carbocycles. The summed E-state index contributed by atoms with van der Waals surface area (Å²) >= 11 is 0. The molecule has 9 nitrogen and oxygen atoms in total. The third kappa shape index (κ3) is 2.96. The fourth-order valence-electron chi connectivity index (χ4n) is 3.53. The smallest absolute Gasteiger partial charge is 0.322 e. The number of amides is 3. The minimum absolute atomic E-state index is 0.0921. The summed E-state index contributed by atoms with van der Waals surface area (Å²) in [7, 11) is 1.61. The van der Waals surface area contributed by atoms with Crippen LogP contribution in [0.15, 0.2) is 60.1 Å². The maximum absolute atomic E-state index is 13.1. The van der Waals surface area contributed by atoms with Gasteiger partial charge in [-0.3, -0.25) is 24.8 Å². The number of nitrogens with zero attached hydrogens (tertiary/aromatic N) is 4. The Morgan fingerprint density at radius 1 is 1.29 bits per heavy atom. The molecule has 1 aromatic heterocycles.